The topological polar surface area (TPSA) is 72.2 Å². The van der Waals surface area contributed by atoms with Crippen molar-refractivity contribution in [1.29, 1.82) is 0 Å². The summed E-state index contributed by atoms with van der Waals surface area (Å²) in [5.74, 6) is -1.14. The highest BCUT2D eigenvalue weighted by Crippen LogP contribution is 2.13. The smallest absolute Gasteiger partial charge is 0.291 e. The van der Waals surface area contributed by atoms with Crippen LogP contribution in [0.5, 0.6) is 0 Å². The number of hydrogen-bond donors (Lipinski definition) is 2. The maximum atomic E-state index is 11.1. The van der Waals surface area contributed by atoms with E-state index in [1.54, 1.807) is 18.2 Å². The van der Waals surface area contributed by atoms with E-state index in [9.17, 15) is 9.59 Å². The van der Waals surface area contributed by atoms with Gasteiger partial charge in [-0.2, -0.15) is 0 Å². The van der Waals surface area contributed by atoms with Crippen LogP contribution in [0.4, 0.5) is 5.69 Å². The summed E-state index contributed by atoms with van der Waals surface area (Å²) in [5, 5.41) is 2.49. The van der Waals surface area contributed by atoms with Crippen LogP contribution in [0.25, 0.3) is 0 Å². The minimum Gasteiger partial charge on any atom is -0.326 e. The number of hydrogen-bond acceptors (Lipinski definition) is 3. The van der Waals surface area contributed by atoms with Crippen LogP contribution in [-0.4, -0.2) is 11.7 Å². The monoisotopic (exact) mass is 192 g/mol. The number of amides is 1. The number of anilines is 1. The van der Waals surface area contributed by atoms with Crippen LogP contribution in [0.3, 0.4) is 0 Å². The van der Waals surface area contributed by atoms with Gasteiger partial charge in [0.15, 0.2) is 0 Å². The number of nitrogens with one attached hydrogen (secondary N) is 1. The molecule has 4 nitrogen and oxygen atoms in total. The largest absolute Gasteiger partial charge is 0.326 e. The van der Waals surface area contributed by atoms with Crippen molar-refractivity contribution in [1.82, 2.24) is 0 Å². The zero-order valence-electron chi connectivity index (χ0n) is 7.91. The normalized spacial score (nSPS) is 9.57. The molecule has 0 aliphatic rings. The van der Waals surface area contributed by atoms with Gasteiger partial charge in [-0.3, -0.25) is 9.59 Å². The summed E-state index contributed by atoms with van der Waals surface area (Å²) in [6.07, 6.45) is 0. The van der Waals surface area contributed by atoms with Crippen molar-refractivity contribution >= 4 is 17.4 Å². The number of Topliss-reactive ketones (excluding diaryl/α,β-unsaturated/α-hetero) is 1. The van der Waals surface area contributed by atoms with Gasteiger partial charge in [0.05, 0.1) is 0 Å². The summed E-state index contributed by atoms with van der Waals surface area (Å²) in [4.78, 5) is 21.8. The van der Waals surface area contributed by atoms with Crippen molar-refractivity contribution in [3.05, 3.63) is 29.8 Å². The Bertz CT molecular complexity index is 361. The molecule has 0 saturated heterocycles. The van der Waals surface area contributed by atoms with Gasteiger partial charge in [-0.15, -0.1) is 0 Å². The third kappa shape index (κ3) is 2.40. The summed E-state index contributed by atoms with van der Waals surface area (Å²) in [6.45, 7) is 1.55. The molecule has 0 radical (unpaired) electrons. The van der Waals surface area contributed by atoms with Crippen molar-refractivity contribution in [2.75, 3.05) is 5.32 Å². The highest BCUT2D eigenvalue weighted by Gasteiger charge is 2.09. The minimum absolute atomic E-state index is 0.328. The molecule has 14 heavy (non-hydrogen) atoms. The lowest BCUT2D eigenvalue weighted by Crippen LogP contribution is -2.20. The number of ketones is 1. The van der Waals surface area contributed by atoms with Crippen LogP contribution in [0.15, 0.2) is 24.3 Å². The predicted octanol–water partition coefficient (Wildman–Crippen LogP) is 0.673. The molecule has 0 fully saturated rings. The molecular weight excluding hydrogens is 180 g/mol. The summed E-state index contributed by atoms with van der Waals surface area (Å²) in [5.41, 5.74) is 6.87. The maximum absolute atomic E-state index is 11.1. The fourth-order valence-corrected chi connectivity index (χ4v) is 1.03. The lowest BCUT2D eigenvalue weighted by atomic mass is 10.2. The molecule has 0 unspecified atom stereocenters. The van der Waals surface area contributed by atoms with Crippen LogP contribution >= 0.6 is 0 Å². The van der Waals surface area contributed by atoms with Crippen molar-refractivity contribution in [2.45, 2.75) is 13.5 Å². The Morgan fingerprint density at radius 2 is 2.00 bits per heavy atom. The highest BCUT2D eigenvalue weighted by molar-refractivity contribution is 6.39. The van der Waals surface area contributed by atoms with Crippen LogP contribution in [-0.2, 0) is 16.1 Å². The lowest BCUT2D eigenvalue weighted by molar-refractivity contribution is -0.133. The SMILES string of the molecule is CC(=O)C(=O)Nc1ccccc1CN. The molecule has 1 aromatic carbocycles. The van der Waals surface area contributed by atoms with Crippen molar-refractivity contribution in [3.63, 3.8) is 0 Å². The first-order valence-electron chi connectivity index (χ1n) is 4.25. The molecule has 0 bridgehead atoms. The molecule has 1 rings (SSSR count). The van der Waals surface area contributed by atoms with Gasteiger partial charge >= 0.3 is 0 Å². The molecule has 4 heteroatoms. The van der Waals surface area contributed by atoms with Crippen molar-refractivity contribution < 1.29 is 9.59 Å². The Hall–Kier alpha value is -1.68. The second kappa shape index (κ2) is 4.53. The molecule has 0 saturated carbocycles. The molecule has 0 aliphatic heterocycles. The second-order valence-corrected chi connectivity index (χ2v) is 2.87. The van der Waals surface area contributed by atoms with E-state index in [0.29, 0.717) is 12.2 Å². The highest BCUT2D eigenvalue weighted by atomic mass is 16.2. The van der Waals surface area contributed by atoms with Gasteiger partial charge in [0.1, 0.15) is 0 Å². The van der Waals surface area contributed by atoms with E-state index >= 15 is 0 Å². The lowest BCUT2D eigenvalue weighted by Gasteiger charge is -2.07. The Labute approximate surface area is 82.1 Å². The molecule has 0 heterocycles. The van der Waals surface area contributed by atoms with Crippen molar-refractivity contribution in [2.24, 2.45) is 5.73 Å². The van der Waals surface area contributed by atoms with Gasteiger partial charge < -0.3 is 11.1 Å². The fraction of sp³-hybridized carbons (Fsp3) is 0.200. The number of para-hydroxylation sites is 1. The number of carbonyl (C=O) groups excluding carboxylic acids is 2. The molecule has 1 aromatic rings. The Morgan fingerprint density at radius 1 is 1.36 bits per heavy atom. The standard InChI is InChI=1S/C10H12N2O2/c1-7(13)10(14)12-9-5-3-2-4-8(9)6-11/h2-5H,6,11H2,1H3,(H,12,14). The van der Waals surface area contributed by atoms with Crippen LogP contribution in [0.1, 0.15) is 12.5 Å². The van der Waals surface area contributed by atoms with E-state index in [1.807, 2.05) is 6.07 Å². The first-order valence-corrected chi connectivity index (χ1v) is 4.25. The third-order valence-corrected chi connectivity index (χ3v) is 1.81. The zero-order valence-corrected chi connectivity index (χ0v) is 7.91. The van der Waals surface area contributed by atoms with E-state index in [0.717, 1.165) is 5.56 Å². The van der Waals surface area contributed by atoms with Gasteiger partial charge in [-0.1, -0.05) is 18.2 Å². The summed E-state index contributed by atoms with van der Waals surface area (Å²) in [7, 11) is 0. The molecule has 0 spiro atoms. The van der Waals surface area contributed by atoms with E-state index < -0.39 is 11.7 Å². The zero-order chi connectivity index (χ0) is 10.6. The molecule has 1 amide bonds. The molecule has 3 N–H and O–H groups in total. The van der Waals surface area contributed by atoms with Crippen LogP contribution < -0.4 is 11.1 Å². The van der Waals surface area contributed by atoms with Crippen LogP contribution in [0, 0.1) is 0 Å². The Morgan fingerprint density at radius 3 is 2.57 bits per heavy atom. The number of nitrogens with two attached hydrogens (primary N) is 1. The quantitative estimate of drug-likeness (QED) is 0.691. The number of benzene rings is 1. The van der Waals surface area contributed by atoms with Crippen molar-refractivity contribution in [3.8, 4) is 0 Å². The van der Waals surface area contributed by atoms with E-state index in [4.69, 9.17) is 5.73 Å². The summed E-state index contributed by atoms with van der Waals surface area (Å²) in [6, 6.07) is 7.11. The second-order valence-electron chi connectivity index (χ2n) is 2.87. The average molecular weight is 192 g/mol. The molecular formula is C10H12N2O2. The van der Waals surface area contributed by atoms with Gasteiger partial charge in [-0.05, 0) is 11.6 Å². The van der Waals surface area contributed by atoms with E-state index in [-0.39, 0.29) is 0 Å². The van der Waals surface area contributed by atoms with Gasteiger partial charge in [0.2, 0.25) is 5.78 Å². The average Bonchev–Trinajstić information content (AvgIpc) is 2.18. The van der Waals surface area contributed by atoms with Crippen LogP contribution in [0.2, 0.25) is 0 Å². The van der Waals surface area contributed by atoms with E-state index in [2.05, 4.69) is 5.32 Å². The fourth-order valence-electron chi connectivity index (χ4n) is 1.03. The molecule has 0 aliphatic carbocycles. The summed E-state index contributed by atoms with van der Waals surface area (Å²) < 4.78 is 0. The van der Waals surface area contributed by atoms with Gasteiger partial charge in [0.25, 0.3) is 5.91 Å². The third-order valence-electron chi connectivity index (χ3n) is 1.81. The van der Waals surface area contributed by atoms with E-state index in [1.165, 1.54) is 6.92 Å². The Balaban J connectivity index is 2.85. The Kier molecular flexibility index (Phi) is 3.36. The number of rotatable bonds is 3. The molecule has 0 aromatic heterocycles. The predicted molar refractivity (Wildman–Crippen MR) is 53.6 cm³/mol. The van der Waals surface area contributed by atoms with Gasteiger partial charge in [0, 0.05) is 19.2 Å². The minimum atomic E-state index is -0.620. The number of carbonyl (C=O) groups is 2. The summed E-state index contributed by atoms with van der Waals surface area (Å²) >= 11 is 0. The maximum Gasteiger partial charge on any atom is 0.291 e. The first-order chi connectivity index (χ1) is 6.65. The first kappa shape index (κ1) is 10.4. The molecule has 0 atom stereocenters. The van der Waals surface area contributed by atoms with Gasteiger partial charge in [-0.25, -0.2) is 0 Å². The molecule has 74 valence electrons.